The van der Waals surface area contributed by atoms with Crippen molar-refractivity contribution < 1.29 is 18.4 Å². The van der Waals surface area contributed by atoms with Crippen molar-refractivity contribution in [1.29, 1.82) is 0 Å². The van der Waals surface area contributed by atoms with E-state index in [1.54, 1.807) is 18.2 Å². The van der Waals surface area contributed by atoms with E-state index < -0.39 is 5.82 Å². The molecule has 2 aromatic carbocycles. The minimum atomic E-state index is -0.404. The van der Waals surface area contributed by atoms with Crippen LogP contribution in [-0.4, -0.2) is 22.6 Å². The highest BCUT2D eigenvalue weighted by atomic mass is 32.2. The quantitative estimate of drug-likeness (QED) is 0.456. The van der Waals surface area contributed by atoms with E-state index in [0.29, 0.717) is 17.2 Å². The van der Waals surface area contributed by atoms with Gasteiger partial charge in [0.25, 0.3) is 0 Å². The van der Waals surface area contributed by atoms with Gasteiger partial charge in [-0.25, -0.2) is 9.37 Å². The molecule has 0 spiro atoms. The van der Waals surface area contributed by atoms with Gasteiger partial charge in [0.2, 0.25) is 11.8 Å². The third-order valence-corrected chi connectivity index (χ3v) is 5.00. The van der Waals surface area contributed by atoms with Crippen molar-refractivity contribution in [2.75, 3.05) is 5.75 Å². The summed E-state index contributed by atoms with van der Waals surface area (Å²) in [6.45, 7) is 2.00. The standard InChI is InChI=1S/C21H20FN3O3S/c1-14-6-8-15(9-7-14)29-13-20(27)25-24-19(26)10-11-21-23-12-18(28-21)16-4-2-3-5-17(16)22/h2-9,12H,10-11,13H2,1H3,(H,24,26)(H,25,27). The Morgan fingerprint density at radius 2 is 1.79 bits per heavy atom. The zero-order valence-corrected chi connectivity index (χ0v) is 16.6. The number of oxazole rings is 1. The van der Waals surface area contributed by atoms with Crippen LogP contribution in [0.5, 0.6) is 0 Å². The fraction of sp³-hybridized carbons (Fsp3) is 0.190. The largest absolute Gasteiger partial charge is 0.441 e. The molecule has 0 radical (unpaired) electrons. The van der Waals surface area contributed by atoms with Gasteiger partial charge in [0.1, 0.15) is 5.82 Å². The molecule has 0 saturated carbocycles. The van der Waals surface area contributed by atoms with Gasteiger partial charge >= 0.3 is 0 Å². The molecular formula is C21H20FN3O3S. The number of benzene rings is 2. The maximum Gasteiger partial charge on any atom is 0.248 e. The lowest BCUT2D eigenvalue weighted by molar-refractivity contribution is -0.127. The first-order chi connectivity index (χ1) is 14.0. The number of thioether (sulfide) groups is 1. The Kier molecular flexibility index (Phi) is 7.02. The Balaban J connectivity index is 1.39. The van der Waals surface area contributed by atoms with Gasteiger partial charge in [-0.15, -0.1) is 11.8 Å². The summed E-state index contributed by atoms with van der Waals surface area (Å²) in [5.41, 5.74) is 6.21. The van der Waals surface area contributed by atoms with E-state index >= 15 is 0 Å². The normalized spacial score (nSPS) is 10.6. The third kappa shape index (κ3) is 6.18. The number of aromatic nitrogens is 1. The molecule has 0 aliphatic carbocycles. The Labute approximate surface area is 171 Å². The summed E-state index contributed by atoms with van der Waals surface area (Å²) in [5, 5.41) is 0. The smallest absolute Gasteiger partial charge is 0.248 e. The summed E-state index contributed by atoms with van der Waals surface area (Å²) in [4.78, 5) is 28.8. The van der Waals surface area contributed by atoms with Crippen LogP contribution in [0.3, 0.4) is 0 Å². The predicted octanol–water partition coefficient (Wildman–Crippen LogP) is 3.66. The maximum atomic E-state index is 13.8. The summed E-state index contributed by atoms with van der Waals surface area (Å²) in [6, 6.07) is 14.1. The molecule has 8 heteroatoms. The zero-order chi connectivity index (χ0) is 20.6. The Morgan fingerprint density at radius 1 is 1.07 bits per heavy atom. The number of carbonyl (C=O) groups is 2. The average molecular weight is 413 g/mol. The van der Waals surface area contributed by atoms with Gasteiger partial charge in [-0.05, 0) is 31.2 Å². The zero-order valence-electron chi connectivity index (χ0n) is 15.8. The molecule has 0 aliphatic heterocycles. The topological polar surface area (TPSA) is 84.2 Å². The van der Waals surface area contributed by atoms with Gasteiger partial charge in [-0.2, -0.15) is 0 Å². The van der Waals surface area contributed by atoms with Crippen molar-refractivity contribution >= 4 is 23.6 Å². The van der Waals surface area contributed by atoms with Gasteiger partial charge in [0, 0.05) is 17.7 Å². The molecule has 0 saturated heterocycles. The number of hydrazine groups is 1. The highest BCUT2D eigenvalue weighted by Crippen LogP contribution is 2.23. The van der Waals surface area contributed by atoms with Crippen LogP contribution in [0.1, 0.15) is 17.9 Å². The van der Waals surface area contributed by atoms with E-state index in [4.69, 9.17) is 4.42 Å². The SMILES string of the molecule is Cc1ccc(SCC(=O)NNC(=O)CCc2ncc(-c3ccccc3F)o2)cc1. The number of aryl methyl sites for hydroxylation is 2. The highest BCUT2D eigenvalue weighted by molar-refractivity contribution is 8.00. The van der Waals surface area contributed by atoms with Crippen molar-refractivity contribution in [1.82, 2.24) is 15.8 Å². The lowest BCUT2D eigenvalue weighted by Crippen LogP contribution is -2.42. The van der Waals surface area contributed by atoms with Crippen LogP contribution in [0.25, 0.3) is 11.3 Å². The number of halogens is 1. The van der Waals surface area contributed by atoms with Crippen molar-refractivity contribution in [2.45, 2.75) is 24.7 Å². The number of amides is 2. The lowest BCUT2D eigenvalue weighted by atomic mass is 10.2. The van der Waals surface area contributed by atoms with E-state index in [9.17, 15) is 14.0 Å². The Hall–Kier alpha value is -3.13. The summed E-state index contributed by atoms with van der Waals surface area (Å²) >= 11 is 1.38. The monoisotopic (exact) mass is 413 g/mol. The highest BCUT2D eigenvalue weighted by Gasteiger charge is 2.12. The summed E-state index contributed by atoms with van der Waals surface area (Å²) in [7, 11) is 0. The van der Waals surface area contributed by atoms with Crippen molar-refractivity contribution in [3.8, 4) is 11.3 Å². The first-order valence-corrected chi connectivity index (χ1v) is 9.96. The van der Waals surface area contributed by atoms with Gasteiger partial charge in [-0.1, -0.05) is 29.8 Å². The van der Waals surface area contributed by atoms with E-state index in [0.717, 1.165) is 10.5 Å². The molecule has 3 rings (SSSR count). The second-order valence-corrected chi connectivity index (χ2v) is 7.34. The Bertz CT molecular complexity index is 989. The molecule has 0 unspecified atom stereocenters. The summed E-state index contributed by atoms with van der Waals surface area (Å²) in [5.74, 6) is -0.264. The number of hydrogen-bond acceptors (Lipinski definition) is 5. The number of nitrogens with zero attached hydrogens (tertiary/aromatic N) is 1. The van der Waals surface area contributed by atoms with Gasteiger partial charge < -0.3 is 4.42 Å². The molecule has 0 atom stereocenters. The summed E-state index contributed by atoms with van der Waals surface area (Å²) < 4.78 is 19.3. The molecule has 1 aromatic heterocycles. The number of rotatable bonds is 7. The number of hydrogen-bond donors (Lipinski definition) is 2. The van der Waals surface area contributed by atoms with E-state index in [1.807, 2.05) is 31.2 Å². The first-order valence-electron chi connectivity index (χ1n) is 8.98. The van der Waals surface area contributed by atoms with Crippen LogP contribution in [-0.2, 0) is 16.0 Å². The molecule has 150 valence electrons. The number of nitrogens with one attached hydrogen (secondary N) is 2. The Morgan fingerprint density at radius 3 is 2.55 bits per heavy atom. The van der Waals surface area contributed by atoms with E-state index in [1.165, 1.54) is 24.0 Å². The summed E-state index contributed by atoms with van der Waals surface area (Å²) in [6.07, 6.45) is 1.73. The fourth-order valence-corrected chi connectivity index (χ4v) is 3.15. The maximum absolute atomic E-state index is 13.8. The predicted molar refractivity (Wildman–Crippen MR) is 108 cm³/mol. The molecule has 2 N–H and O–H groups in total. The number of carbonyl (C=O) groups excluding carboxylic acids is 2. The second kappa shape index (κ2) is 9.88. The van der Waals surface area contributed by atoms with Crippen molar-refractivity contribution in [3.63, 3.8) is 0 Å². The molecule has 0 bridgehead atoms. The fourth-order valence-electron chi connectivity index (χ4n) is 2.45. The minimum Gasteiger partial charge on any atom is -0.441 e. The average Bonchev–Trinajstić information content (AvgIpc) is 3.19. The molecule has 1 heterocycles. The lowest BCUT2D eigenvalue weighted by Gasteiger charge is -2.07. The van der Waals surface area contributed by atoms with Gasteiger partial charge in [0.15, 0.2) is 11.7 Å². The minimum absolute atomic E-state index is 0.0720. The third-order valence-electron chi connectivity index (χ3n) is 3.99. The van der Waals surface area contributed by atoms with Crippen LogP contribution in [0.4, 0.5) is 4.39 Å². The molecule has 0 fully saturated rings. The van der Waals surface area contributed by atoms with Crippen LogP contribution in [0, 0.1) is 12.7 Å². The first kappa shape index (κ1) is 20.6. The molecule has 6 nitrogen and oxygen atoms in total. The van der Waals surface area contributed by atoms with Crippen LogP contribution < -0.4 is 10.9 Å². The molecule has 3 aromatic rings. The van der Waals surface area contributed by atoms with E-state index in [-0.39, 0.29) is 30.4 Å². The molecule has 2 amide bonds. The second-order valence-electron chi connectivity index (χ2n) is 6.30. The van der Waals surface area contributed by atoms with Crippen LogP contribution in [0.2, 0.25) is 0 Å². The van der Waals surface area contributed by atoms with Crippen molar-refractivity contribution in [3.05, 3.63) is 72.0 Å². The molecule has 0 aliphatic rings. The molecular weight excluding hydrogens is 393 g/mol. The van der Waals surface area contributed by atoms with Crippen LogP contribution >= 0.6 is 11.8 Å². The van der Waals surface area contributed by atoms with E-state index in [2.05, 4.69) is 15.8 Å². The molecule has 29 heavy (non-hydrogen) atoms. The van der Waals surface area contributed by atoms with Gasteiger partial charge in [-0.3, -0.25) is 20.4 Å². The van der Waals surface area contributed by atoms with Crippen LogP contribution in [0.15, 0.2) is 64.0 Å². The van der Waals surface area contributed by atoms with Crippen molar-refractivity contribution in [2.24, 2.45) is 0 Å². The van der Waals surface area contributed by atoms with Gasteiger partial charge in [0.05, 0.1) is 17.5 Å².